The second kappa shape index (κ2) is 7.65. The van der Waals surface area contributed by atoms with Crippen molar-refractivity contribution in [1.29, 1.82) is 0 Å². The number of rotatable bonds is 6. The monoisotopic (exact) mass is 414 g/mol. The van der Waals surface area contributed by atoms with Crippen LogP contribution in [-0.2, 0) is 0 Å². The molecule has 0 N–H and O–H groups in total. The van der Waals surface area contributed by atoms with Crippen LogP contribution in [0, 0.1) is 0 Å². The molecule has 2 heterocycles. The van der Waals surface area contributed by atoms with Gasteiger partial charge in [-0.25, -0.2) is 9.97 Å². The lowest BCUT2D eigenvalue weighted by molar-refractivity contribution is 0.395. The molecule has 0 radical (unpaired) electrons. The van der Waals surface area contributed by atoms with Gasteiger partial charge in [0.1, 0.15) is 33.0 Å². The Labute approximate surface area is 170 Å². The third-order valence-corrected chi connectivity index (χ3v) is 6.35. The Morgan fingerprint density at radius 3 is 1.39 bits per heavy atom. The van der Waals surface area contributed by atoms with Gasteiger partial charge in [-0.3, -0.25) is 0 Å². The zero-order valence-electron chi connectivity index (χ0n) is 15.8. The highest BCUT2D eigenvalue weighted by Crippen LogP contribution is 2.42. The molecule has 4 aromatic rings. The van der Waals surface area contributed by atoms with Crippen LogP contribution in [-0.4, -0.2) is 38.4 Å². The summed E-state index contributed by atoms with van der Waals surface area (Å²) >= 11 is 3.06. The molecule has 0 aliphatic rings. The van der Waals surface area contributed by atoms with Crippen molar-refractivity contribution in [1.82, 2.24) is 9.97 Å². The van der Waals surface area contributed by atoms with Gasteiger partial charge in [-0.2, -0.15) is 0 Å². The average Bonchev–Trinajstić information content (AvgIpc) is 3.31. The lowest BCUT2D eigenvalue weighted by Crippen LogP contribution is -1.90. The number of aromatic nitrogens is 2. The maximum absolute atomic E-state index is 5.50. The first-order valence-electron chi connectivity index (χ1n) is 8.39. The van der Waals surface area contributed by atoms with Gasteiger partial charge in [-0.15, -0.1) is 0 Å². The molecule has 28 heavy (non-hydrogen) atoms. The Morgan fingerprint density at radius 1 is 0.607 bits per heavy atom. The predicted octanol–water partition coefficient (Wildman–Crippen LogP) is 5.12. The first-order chi connectivity index (χ1) is 13.7. The molecule has 0 saturated carbocycles. The molecule has 0 fully saturated rings. The van der Waals surface area contributed by atoms with Crippen LogP contribution in [0.2, 0.25) is 0 Å². The normalized spacial score (nSPS) is 10.9. The molecule has 144 valence electrons. The van der Waals surface area contributed by atoms with Crippen molar-refractivity contribution in [3.8, 4) is 44.1 Å². The first kappa shape index (κ1) is 18.5. The average molecular weight is 415 g/mol. The van der Waals surface area contributed by atoms with E-state index in [-0.39, 0.29) is 0 Å². The topological polar surface area (TPSA) is 62.7 Å². The number of benzene rings is 2. The number of thiazole rings is 2. The van der Waals surface area contributed by atoms with Gasteiger partial charge in [-0.05, 0) is 24.3 Å². The summed E-state index contributed by atoms with van der Waals surface area (Å²) in [5.74, 6) is 2.92. The summed E-state index contributed by atoms with van der Waals surface area (Å²) in [7, 11) is 6.54. The van der Waals surface area contributed by atoms with E-state index in [1.807, 2.05) is 36.4 Å². The molecular formula is C20H18N2O4S2. The van der Waals surface area contributed by atoms with E-state index in [1.165, 1.54) is 22.7 Å². The number of ether oxygens (including phenoxy) is 4. The maximum atomic E-state index is 5.50. The zero-order valence-corrected chi connectivity index (χ0v) is 17.4. The summed E-state index contributed by atoms with van der Waals surface area (Å²) in [5.41, 5.74) is 1.84. The summed E-state index contributed by atoms with van der Waals surface area (Å²) in [6.07, 6.45) is 0. The van der Waals surface area contributed by atoms with Crippen molar-refractivity contribution in [3.63, 3.8) is 0 Å². The lowest BCUT2D eigenvalue weighted by Gasteiger charge is -2.08. The molecule has 0 unspecified atom stereocenters. The summed E-state index contributed by atoms with van der Waals surface area (Å²) in [6, 6.07) is 11.4. The van der Waals surface area contributed by atoms with Gasteiger partial charge in [0, 0.05) is 12.1 Å². The fourth-order valence-electron chi connectivity index (χ4n) is 2.82. The van der Waals surface area contributed by atoms with E-state index in [1.54, 1.807) is 28.4 Å². The van der Waals surface area contributed by atoms with Crippen molar-refractivity contribution in [3.05, 3.63) is 36.4 Å². The van der Waals surface area contributed by atoms with Crippen LogP contribution in [0.15, 0.2) is 36.4 Å². The van der Waals surface area contributed by atoms with E-state index in [0.29, 0.717) is 0 Å². The molecule has 4 rings (SSSR count). The standard InChI is InChI=1S/C20H18N2O4S2/c1-23-11-5-7-13(15(9-11)25-3)17-21-19-20(27-17)22-18(28-19)14-8-6-12(24-2)10-16(14)26-4/h5-10H,1-4H3. The van der Waals surface area contributed by atoms with Crippen molar-refractivity contribution in [2.24, 2.45) is 0 Å². The van der Waals surface area contributed by atoms with Gasteiger partial charge >= 0.3 is 0 Å². The number of fused-ring (bicyclic) bond motifs is 1. The lowest BCUT2D eigenvalue weighted by atomic mass is 10.2. The Bertz CT molecular complexity index is 1020. The van der Waals surface area contributed by atoms with Gasteiger partial charge in [0.05, 0.1) is 39.6 Å². The molecule has 0 spiro atoms. The molecule has 2 aromatic carbocycles. The molecule has 0 amide bonds. The van der Waals surface area contributed by atoms with Crippen LogP contribution in [0.3, 0.4) is 0 Å². The highest BCUT2D eigenvalue weighted by atomic mass is 32.1. The summed E-state index contributed by atoms with van der Waals surface area (Å²) in [4.78, 5) is 11.3. The van der Waals surface area contributed by atoms with Gasteiger partial charge in [-0.1, -0.05) is 22.7 Å². The number of nitrogens with zero attached hydrogens (tertiary/aromatic N) is 2. The van der Waals surface area contributed by atoms with Crippen LogP contribution in [0.5, 0.6) is 23.0 Å². The number of hydrogen-bond donors (Lipinski definition) is 0. The number of hydrogen-bond acceptors (Lipinski definition) is 8. The summed E-state index contributed by atoms with van der Waals surface area (Å²) in [5, 5.41) is 1.72. The fraction of sp³-hybridized carbons (Fsp3) is 0.200. The Kier molecular flexibility index (Phi) is 5.06. The van der Waals surface area contributed by atoms with Gasteiger partial charge in [0.2, 0.25) is 0 Å². The SMILES string of the molecule is COc1ccc(-c2nc3sc(-c4ccc(OC)cc4OC)nc3s2)c(OC)c1. The van der Waals surface area contributed by atoms with Crippen LogP contribution in [0.25, 0.3) is 30.8 Å². The van der Waals surface area contributed by atoms with Gasteiger partial charge < -0.3 is 18.9 Å². The predicted molar refractivity (Wildman–Crippen MR) is 112 cm³/mol. The molecule has 0 atom stereocenters. The van der Waals surface area contributed by atoms with Crippen molar-refractivity contribution >= 4 is 32.3 Å². The van der Waals surface area contributed by atoms with E-state index in [2.05, 4.69) is 0 Å². The Balaban J connectivity index is 1.74. The summed E-state index contributed by atoms with van der Waals surface area (Å²) in [6.45, 7) is 0. The minimum absolute atomic E-state index is 0.720. The molecule has 0 saturated heterocycles. The smallest absolute Gasteiger partial charge is 0.155 e. The van der Waals surface area contributed by atoms with Crippen LogP contribution in [0.4, 0.5) is 0 Å². The largest absolute Gasteiger partial charge is 0.497 e. The fourth-order valence-corrected chi connectivity index (χ4v) is 4.93. The van der Waals surface area contributed by atoms with E-state index in [9.17, 15) is 0 Å². The molecular weight excluding hydrogens is 396 g/mol. The molecule has 6 nitrogen and oxygen atoms in total. The van der Waals surface area contributed by atoms with Crippen molar-refractivity contribution in [2.75, 3.05) is 28.4 Å². The molecule has 0 aliphatic heterocycles. The van der Waals surface area contributed by atoms with Crippen LogP contribution in [0.1, 0.15) is 0 Å². The number of methoxy groups -OCH3 is 4. The molecule has 0 aliphatic carbocycles. The Hall–Kier alpha value is -2.84. The third kappa shape index (κ3) is 3.25. The van der Waals surface area contributed by atoms with E-state index < -0.39 is 0 Å². The van der Waals surface area contributed by atoms with E-state index >= 15 is 0 Å². The van der Waals surface area contributed by atoms with Gasteiger partial charge in [0.15, 0.2) is 9.66 Å². The van der Waals surface area contributed by atoms with Crippen molar-refractivity contribution < 1.29 is 18.9 Å². The molecule has 8 heteroatoms. The van der Waals surface area contributed by atoms with Crippen molar-refractivity contribution in [2.45, 2.75) is 0 Å². The van der Waals surface area contributed by atoms with E-state index in [0.717, 1.165) is 53.8 Å². The van der Waals surface area contributed by atoms with Gasteiger partial charge in [0.25, 0.3) is 0 Å². The van der Waals surface area contributed by atoms with E-state index in [4.69, 9.17) is 28.9 Å². The quantitative estimate of drug-likeness (QED) is 0.436. The second-order valence-corrected chi connectivity index (χ2v) is 7.74. The second-order valence-electron chi connectivity index (χ2n) is 5.78. The molecule has 0 bridgehead atoms. The first-order valence-corrected chi connectivity index (χ1v) is 10.0. The highest BCUT2D eigenvalue weighted by Gasteiger charge is 2.18. The summed E-state index contributed by atoms with van der Waals surface area (Å²) < 4.78 is 21.5. The zero-order chi connectivity index (χ0) is 19.7. The Morgan fingerprint density at radius 2 is 1.04 bits per heavy atom. The minimum Gasteiger partial charge on any atom is -0.497 e. The minimum atomic E-state index is 0.720. The molecule has 2 aromatic heterocycles. The maximum Gasteiger partial charge on any atom is 0.155 e. The van der Waals surface area contributed by atoms with Crippen LogP contribution >= 0.6 is 22.7 Å². The third-order valence-electron chi connectivity index (χ3n) is 4.25. The van der Waals surface area contributed by atoms with Crippen LogP contribution < -0.4 is 18.9 Å². The highest BCUT2D eigenvalue weighted by molar-refractivity contribution is 7.29.